The van der Waals surface area contributed by atoms with Gasteiger partial charge in [0.2, 0.25) is 0 Å². The zero-order valence-electron chi connectivity index (χ0n) is 11.6. The van der Waals surface area contributed by atoms with E-state index in [0.717, 1.165) is 57.4 Å². The van der Waals surface area contributed by atoms with Gasteiger partial charge in [0.1, 0.15) is 5.82 Å². The molecule has 2 aliphatic rings. The maximum atomic E-state index is 13.1. The summed E-state index contributed by atoms with van der Waals surface area (Å²) in [6.45, 7) is 7.54. The molecular weight excluding hydrogens is 277 g/mol. The van der Waals surface area contributed by atoms with E-state index in [0.29, 0.717) is 0 Å². The van der Waals surface area contributed by atoms with Gasteiger partial charge in [-0.05, 0) is 30.7 Å². The predicted octanol–water partition coefficient (Wildman–Crippen LogP) is 1.96. The second kappa shape index (κ2) is 6.39. The first-order valence-corrected chi connectivity index (χ1v) is 7.71. The molecule has 5 heteroatoms. The number of hydrogen-bond acceptors (Lipinski definition) is 3. The summed E-state index contributed by atoms with van der Waals surface area (Å²) in [6.07, 6.45) is 1.27. The van der Waals surface area contributed by atoms with Crippen molar-refractivity contribution in [1.29, 1.82) is 0 Å². The van der Waals surface area contributed by atoms with E-state index in [1.165, 1.54) is 12.5 Å². The highest BCUT2D eigenvalue weighted by Gasteiger charge is 2.25. The molecule has 0 unspecified atom stereocenters. The van der Waals surface area contributed by atoms with Crippen molar-refractivity contribution >= 4 is 11.6 Å². The lowest BCUT2D eigenvalue weighted by Gasteiger charge is -2.37. The van der Waals surface area contributed by atoms with Crippen molar-refractivity contribution in [3.63, 3.8) is 0 Å². The Kier molecular flexibility index (Phi) is 4.56. The van der Waals surface area contributed by atoms with Crippen LogP contribution in [0.15, 0.2) is 18.2 Å². The van der Waals surface area contributed by atoms with Crippen molar-refractivity contribution in [2.24, 2.45) is 0 Å². The van der Waals surface area contributed by atoms with Crippen molar-refractivity contribution in [3.8, 4) is 0 Å². The third-order valence-electron chi connectivity index (χ3n) is 4.35. The molecule has 2 fully saturated rings. The molecule has 0 bridgehead atoms. The van der Waals surface area contributed by atoms with Gasteiger partial charge in [0.05, 0.1) is 5.02 Å². The van der Waals surface area contributed by atoms with Crippen LogP contribution in [0.25, 0.3) is 0 Å². The average molecular weight is 298 g/mol. The van der Waals surface area contributed by atoms with Gasteiger partial charge in [0, 0.05) is 45.3 Å². The molecule has 3 nitrogen and oxygen atoms in total. The third-order valence-corrected chi connectivity index (χ3v) is 4.64. The largest absolute Gasteiger partial charge is 0.315 e. The Bertz CT molecular complexity index is 454. The molecule has 110 valence electrons. The molecule has 0 aromatic heterocycles. The molecular formula is C15H21ClFN3. The first-order chi connectivity index (χ1) is 9.72. The zero-order chi connectivity index (χ0) is 13.9. The van der Waals surface area contributed by atoms with Crippen LogP contribution in [0.4, 0.5) is 4.39 Å². The number of nitrogens with one attached hydrogen (secondary N) is 1. The molecule has 0 amide bonds. The number of benzene rings is 1. The fourth-order valence-electron chi connectivity index (χ4n) is 3.13. The molecule has 2 aliphatic heterocycles. The highest BCUT2D eigenvalue weighted by Crippen LogP contribution is 2.18. The first kappa shape index (κ1) is 14.3. The first-order valence-electron chi connectivity index (χ1n) is 7.33. The van der Waals surface area contributed by atoms with Crippen LogP contribution < -0.4 is 5.32 Å². The van der Waals surface area contributed by atoms with E-state index >= 15 is 0 Å². The molecule has 0 aliphatic carbocycles. The van der Waals surface area contributed by atoms with E-state index in [4.69, 9.17) is 11.6 Å². The molecule has 1 aromatic rings. The second-order valence-corrected chi connectivity index (χ2v) is 6.11. The number of piperazine rings is 1. The minimum atomic E-state index is -0.339. The van der Waals surface area contributed by atoms with Crippen LogP contribution in [0, 0.1) is 5.82 Å². The lowest BCUT2D eigenvalue weighted by molar-refractivity contribution is 0.0981. The zero-order valence-corrected chi connectivity index (χ0v) is 12.4. The van der Waals surface area contributed by atoms with E-state index in [2.05, 4.69) is 15.1 Å². The Morgan fingerprint density at radius 1 is 1.25 bits per heavy atom. The monoisotopic (exact) mass is 297 g/mol. The van der Waals surface area contributed by atoms with Crippen LogP contribution in [0.1, 0.15) is 12.0 Å². The van der Waals surface area contributed by atoms with Gasteiger partial charge in [-0.15, -0.1) is 0 Å². The van der Waals surface area contributed by atoms with Gasteiger partial charge >= 0.3 is 0 Å². The molecule has 0 radical (unpaired) electrons. The predicted molar refractivity (Wildman–Crippen MR) is 79.5 cm³/mol. The average Bonchev–Trinajstić information content (AvgIpc) is 2.98. The van der Waals surface area contributed by atoms with Crippen LogP contribution in [-0.2, 0) is 6.54 Å². The maximum absolute atomic E-state index is 13.1. The molecule has 3 rings (SSSR count). The van der Waals surface area contributed by atoms with Gasteiger partial charge in [-0.2, -0.15) is 0 Å². The van der Waals surface area contributed by atoms with Crippen LogP contribution in [0.2, 0.25) is 5.02 Å². The molecule has 20 heavy (non-hydrogen) atoms. The van der Waals surface area contributed by atoms with Crippen molar-refractivity contribution in [2.75, 3.05) is 39.3 Å². The summed E-state index contributed by atoms with van der Waals surface area (Å²) in [6, 6.07) is 5.74. The maximum Gasteiger partial charge on any atom is 0.141 e. The summed E-state index contributed by atoms with van der Waals surface area (Å²) in [7, 11) is 0. The van der Waals surface area contributed by atoms with Gasteiger partial charge in [-0.25, -0.2) is 4.39 Å². The van der Waals surface area contributed by atoms with Gasteiger partial charge in [0.25, 0.3) is 0 Å². The van der Waals surface area contributed by atoms with E-state index in [1.807, 2.05) is 6.07 Å². The quantitative estimate of drug-likeness (QED) is 0.920. The summed E-state index contributed by atoms with van der Waals surface area (Å²) >= 11 is 5.83. The van der Waals surface area contributed by atoms with Crippen molar-refractivity contribution in [2.45, 2.75) is 19.0 Å². The van der Waals surface area contributed by atoms with E-state index in [9.17, 15) is 4.39 Å². The minimum absolute atomic E-state index is 0.221. The Morgan fingerprint density at radius 2 is 2.05 bits per heavy atom. The fraction of sp³-hybridized carbons (Fsp3) is 0.600. The Morgan fingerprint density at radius 3 is 2.70 bits per heavy atom. The van der Waals surface area contributed by atoms with Crippen LogP contribution >= 0.6 is 11.6 Å². The van der Waals surface area contributed by atoms with Gasteiger partial charge < -0.3 is 5.32 Å². The van der Waals surface area contributed by atoms with E-state index in [-0.39, 0.29) is 10.8 Å². The van der Waals surface area contributed by atoms with Gasteiger partial charge in [-0.1, -0.05) is 17.7 Å². The second-order valence-electron chi connectivity index (χ2n) is 5.71. The lowest BCUT2D eigenvalue weighted by Crippen LogP contribution is -2.50. The topological polar surface area (TPSA) is 18.5 Å². The van der Waals surface area contributed by atoms with Crippen LogP contribution in [0.3, 0.4) is 0 Å². The van der Waals surface area contributed by atoms with Gasteiger partial charge in [-0.3, -0.25) is 9.80 Å². The number of nitrogens with zero attached hydrogens (tertiary/aromatic N) is 2. The highest BCUT2D eigenvalue weighted by molar-refractivity contribution is 6.30. The summed E-state index contributed by atoms with van der Waals surface area (Å²) in [5.41, 5.74) is 1.09. The summed E-state index contributed by atoms with van der Waals surface area (Å²) in [5.74, 6) is -0.339. The molecule has 0 spiro atoms. The molecule has 1 aromatic carbocycles. The lowest BCUT2D eigenvalue weighted by atomic mass is 10.1. The number of halogens is 2. The van der Waals surface area contributed by atoms with Crippen molar-refractivity contribution in [3.05, 3.63) is 34.6 Å². The number of hydrogen-bond donors (Lipinski definition) is 1. The molecule has 1 N–H and O–H groups in total. The smallest absolute Gasteiger partial charge is 0.141 e. The van der Waals surface area contributed by atoms with E-state index in [1.54, 1.807) is 6.07 Å². The standard InChI is InChI=1S/C15H21ClFN3/c16-14-9-12(1-2-15(14)17)11-19-5-7-20(8-6-19)13-3-4-18-10-13/h1-2,9,13,18H,3-8,10-11H2/t13-/m1/s1. The Balaban J connectivity index is 1.51. The summed E-state index contributed by atoms with van der Waals surface area (Å²) in [5, 5.41) is 3.65. The normalized spacial score (nSPS) is 25.2. The van der Waals surface area contributed by atoms with Crippen LogP contribution in [-0.4, -0.2) is 55.1 Å². The minimum Gasteiger partial charge on any atom is -0.315 e. The molecule has 2 heterocycles. The van der Waals surface area contributed by atoms with E-state index < -0.39 is 0 Å². The molecule has 0 saturated carbocycles. The Labute approximate surface area is 124 Å². The van der Waals surface area contributed by atoms with Gasteiger partial charge in [0.15, 0.2) is 0 Å². The molecule has 1 atom stereocenters. The van der Waals surface area contributed by atoms with Crippen LogP contribution in [0.5, 0.6) is 0 Å². The summed E-state index contributed by atoms with van der Waals surface area (Å²) in [4.78, 5) is 5.01. The highest BCUT2D eigenvalue weighted by atomic mass is 35.5. The number of rotatable bonds is 3. The molecule has 2 saturated heterocycles. The Hall–Kier alpha value is -0.680. The summed E-state index contributed by atoms with van der Waals surface area (Å²) < 4.78 is 13.1. The SMILES string of the molecule is Fc1ccc(CN2CCN([C@@H]3CCNC3)CC2)cc1Cl. The fourth-order valence-corrected chi connectivity index (χ4v) is 3.34. The third kappa shape index (κ3) is 3.31. The van der Waals surface area contributed by atoms with Crippen molar-refractivity contribution < 1.29 is 4.39 Å². The van der Waals surface area contributed by atoms with Crippen molar-refractivity contribution in [1.82, 2.24) is 15.1 Å².